The summed E-state index contributed by atoms with van der Waals surface area (Å²) in [7, 11) is 0. The highest BCUT2D eigenvalue weighted by Gasteiger charge is 2.45. The van der Waals surface area contributed by atoms with Crippen molar-refractivity contribution in [1.82, 2.24) is 10.2 Å². The van der Waals surface area contributed by atoms with E-state index in [-0.39, 0.29) is 0 Å². The van der Waals surface area contributed by atoms with Gasteiger partial charge in [0.15, 0.2) is 0 Å². The van der Waals surface area contributed by atoms with Gasteiger partial charge in [-0.15, -0.1) is 0 Å². The summed E-state index contributed by atoms with van der Waals surface area (Å²) >= 11 is 0. The van der Waals surface area contributed by atoms with Crippen LogP contribution >= 0.6 is 0 Å². The third-order valence-corrected chi connectivity index (χ3v) is 5.15. The third-order valence-electron chi connectivity index (χ3n) is 5.15. The molecule has 1 heterocycles. The van der Waals surface area contributed by atoms with Crippen LogP contribution in [-0.4, -0.2) is 48.8 Å². The Labute approximate surface area is 111 Å². The van der Waals surface area contributed by atoms with Crippen LogP contribution in [0.25, 0.3) is 0 Å². The minimum atomic E-state index is 0.382. The number of hydrogen-bond acceptors (Lipinski definition) is 3. The van der Waals surface area contributed by atoms with Crippen LogP contribution in [0.5, 0.6) is 0 Å². The standard InChI is InChI=1S/C15H28N2O/c1-3-18-14-9-13(10-14)17-8-4-7-16-15(2,11-17)12-5-6-12/h12-14,16H,3-11H2,1-2H3. The molecule has 1 unspecified atom stereocenters. The molecule has 1 N–H and O–H groups in total. The van der Waals surface area contributed by atoms with Crippen LogP contribution in [0.2, 0.25) is 0 Å². The largest absolute Gasteiger partial charge is 0.378 e. The van der Waals surface area contributed by atoms with Crippen molar-refractivity contribution in [3.63, 3.8) is 0 Å². The second-order valence-corrected chi connectivity index (χ2v) is 6.65. The summed E-state index contributed by atoms with van der Waals surface area (Å²) in [5.74, 6) is 0.931. The lowest BCUT2D eigenvalue weighted by atomic mass is 9.86. The first-order valence-corrected chi connectivity index (χ1v) is 7.82. The molecule has 1 saturated heterocycles. The van der Waals surface area contributed by atoms with Crippen LogP contribution in [0.15, 0.2) is 0 Å². The molecule has 1 aliphatic heterocycles. The Morgan fingerprint density at radius 3 is 2.78 bits per heavy atom. The van der Waals surface area contributed by atoms with E-state index in [1.165, 1.54) is 51.7 Å². The number of nitrogens with one attached hydrogen (secondary N) is 1. The Balaban J connectivity index is 1.55. The molecule has 2 saturated carbocycles. The quantitative estimate of drug-likeness (QED) is 0.828. The van der Waals surface area contributed by atoms with Crippen LogP contribution in [-0.2, 0) is 4.74 Å². The molecule has 0 aromatic heterocycles. The highest BCUT2D eigenvalue weighted by Crippen LogP contribution is 2.41. The highest BCUT2D eigenvalue weighted by atomic mass is 16.5. The molecule has 0 amide bonds. The van der Waals surface area contributed by atoms with Crippen molar-refractivity contribution in [2.24, 2.45) is 5.92 Å². The van der Waals surface area contributed by atoms with Gasteiger partial charge in [-0.2, -0.15) is 0 Å². The number of rotatable bonds is 4. The van der Waals surface area contributed by atoms with Gasteiger partial charge in [-0.1, -0.05) is 0 Å². The van der Waals surface area contributed by atoms with E-state index in [1.54, 1.807) is 0 Å². The van der Waals surface area contributed by atoms with Gasteiger partial charge in [-0.3, -0.25) is 4.90 Å². The summed E-state index contributed by atoms with van der Waals surface area (Å²) in [4.78, 5) is 2.74. The van der Waals surface area contributed by atoms with Gasteiger partial charge in [0.1, 0.15) is 0 Å². The van der Waals surface area contributed by atoms with Crippen molar-refractivity contribution in [3.8, 4) is 0 Å². The summed E-state index contributed by atoms with van der Waals surface area (Å²) in [5.41, 5.74) is 0.382. The summed E-state index contributed by atoms with van der Waals surface area (Å²) in [5, 5.41) is 3.82. The lowest BCUT2D eigenvalue weighted by Gasteiger charge is -2.45. The maximum Gasteiger partial charge on any atom is 0.0604 e. The molecule has 0 radical (unpaired) electrons. The van der Waals surface area contributed by atoms with Gasteiger partial charge in [0.05, 0.1) is 6.10 Å². The van der Waals surface area contributed by atoms with Crippen molar-refractivity contribution >= 4 is 0 Å². The molecule has 0 spiro atoms. The Hall–Kier alpha value is -0.120. The van der Waals surface area contributed by atoms with Gasteiger partial charge in [-0.05, 0) is 65.0 Å². The average Bonchev–Trinajstić information content (AvgIpc) is 3.09. The molecular formula is C15H28N2O. The van der Waals surface area contributed by atoms with Crippen molar-refractivity contribution < 1.29 is 4.74 Å². The molecule has 3 nitrogen and oxygen atoms in total. The molecule has 18 heavy (non-hydrogen) atoms. The predicted octanol–water partition coefficient (Wildman–Crippen LogP) is 2.02. The summed E-state index contributed by atoms with van der Waals surface area (Å²) in [6.07, 6.45) is 7.23. The lowest BCUT2D eigenvalue weighted by molar-refractivity contribution is -0.0500. The second kappa shape index (κ2) is 5.10. The first kappa shape index (κ1) is 12.9. The molecular weight excluding hydrogens is 224 g/mol. The molecule has 1 atom stereocenters. The number of ether oxygens (including phenoxy) is 1. The first-order valence-electron chi connectivity index (χ1n) is 7.82. The predicted molar refractivity (Wildman–Crippen MR) is 73.8 cm³/mol. The van der Waals surface area contributed by atoms with Gasteiger partial charge >= 0.3 is 0 Å². The zero-order valence-electron chi connectivity index (χ0n) is 12.0. The maximum atomic E-state index is 5.70. The fourth-order valence-electron chi connectivity index (χ4n) is 3.73. The first-order chi connectivity index (χ1) is 8.71. The maximum absolute atomic E-state index is 5.70. The van der Waals surface area contributed by atoms with Crippen molar-refractivity contribution in [2.45, 2.75) is 63.6 Å². The van der Waals surface area contributed by atoms with E-state index >= 15 is 0 Å². The van der Waals surface area contributed by atoms with E-state index < -0.39 is 0 Å². The SMILES string of the molecule is CCOC1CC(N2CCCNC(C)(C3CC3)C2)C1. The molecule has 0 aromatic carbocycles. The minimum Gasteiger partial charge on any atom is -0.378 e. The van der Waals surface area contributed by atoms with E-state index in [2.05, 4.69) is 24.1 Å². The Morgan fingerprint density at radius 2 is 2.11 bits per heavy atom. The van der Waals surface area contributed by atoms with Gasteiger partial charge in [0.2, 0.25) is 0 Å². The third kappa shape index (κ3) is 2.59. The van der Waals surface area contributed by atoms with Crippen LogP contribution in [0.3, 0.4) is 0 Å². The topological polar surface area (TPSA) is 24.5 Å². The number of hydrogen-bond donors (Lipinski definition) is 1. The lowest BCUT2D eigenvalue weighted by Crippen LogP contribution is -2.56. The average molecular weight is 252 g/mol. The van der Waals surface area contributed by atoms with Crippen LogP contribution in [0.1, 0.15) is 46.0 Å². The van der Waals surface area contributed by atoms with Crippen LogP contribution < -0.4 is 5.32 Å². The van der Waals surface area contributed by atoms with Gasteiger partial charge in [0.25, 0.3) is 0 Å². The molecule has 0 bridgehead atoms. The zero-order chi connectivity index (χ0) is 12.6. The van der Waals surface area contributed by atoms with E-state index in [0.29, 0.717) is 11.6 Å². The van der Waals surface area contributed by atoms with E-state index in [9.17, 15) is 0 Å². The summed E-state index contributed by atoms with van der Waals surface area (Å²) < 4.78 is 5.70. The summed E-state index contributed by atoms with van der Waals surface area (Å²) in [6, 6.07) is 0.791. The van der Waals surface area contributed by atoms with Crippen LogP contribution in [0, 0.1) is 5.92 Å². The molecule has 104 valence electrons. The van der Waals surface area contributed by atoms with E-state index in [4.69, 9.17) is 4.74 Å². The van der Waals surface area contributed by atoms with Crippen molar-refractivity contribution in [3.05, 3.63) is 0 Å². The second-order valence-electron chi connectivity index (χ2n) is 6.65. The minimum absolute atomic E-state index is 0.382. The molecule has 0 aromatic rings. The zero-order valence-corrected chi connectivity index (χ0v) is 12.0. The monoisotopic (exact) mass is 252 g/mol. The summed E-state index contributed by atoms with van der Waals surface area (Å²) in [6.45, 7) is 9.15. The highest BCUT2D eigenvalue weighted by molar-refractivity contribution is 5.03. The van der Waals surface area contributed by atoms with Crippen molar-refractivity contribution in [2.75, 3.05) is 26.2 Å². The van der Waals surface area contributed by atoms with E-state index in [0.717, 1.165) is 18.6 Å². The van der Waals surface area contributed by atoms with Gasteiger partial charge < -0.3 is 10.1 Å². The van der Waals surface area contributed by atoms with E-state index in [1.807, 2.05) is 0 Å². The van der Waals surface area contributed by atoms with Crippen molar-refractivity contribution in [1.29, 1.82) is 0 Å². The molecule has 3 rings (SSSR count). The smallest absolute Gasteiger partial charge is 0.0604 e. The fraction of sp³-hybridized carbons (Fsp3) is 1.00. The number of nitrogens with zero attached hydrogens (tertiary/aromatic N) is 1. The van der Waals surface area contributed by atoms with Gasteiger partial charge in [-0.25, -0.2) is 0 Å². The Kier molecular flexibility index (Phi) is 3.65. The molecule has 3 aliphatic rings. The Morgan fingerprint density at radius 1 is 1.33 bits per heavy atom. The molecule has 3 heteroatoms. The Bertz CT molecular complexity index is 286. The van der Waals surface area contributed by atoms with Gasteiger partial charge in [0, 0.05) is 24.7 Å². The fourth-order valence-corrected chi connectivity index (χ4v) is 3.73. The normalized spacial score (nSPS) is 42.3. The molecule has 3 fully saturated rings. The molecule has 2 aliphatic carbocycles. The van der Waals surface area contributed by atoms with Crippen LogP contribution in [0.4, 0.5) is 0 Å².